The Kier molecular flexibility index (Phi) is 2.97. The van der Waals surface area contributed by atoms with E-state index in [0.717, 1.165) is 22.8 Å². The lowest BCUT2D eigenvalue weighted by Gasteiger charge is -2.14. The molecule has 2 rings (SSSR count). The molecule has 0 N–H and O–H groups in total. The maximum Gasteiger partial charge on any atom is 0.134 e. The van der Waals surface area contributed by atoms with Gasteiger partial charge < -0.3 is 9.15 Å². The van der Waals surface area contributed by atoms with Gasteiger partial charge in [-0.15, -0.1) is 0 Å². The van der Waals surface area contributed by atoms with E-state index in [9.17, 15) is 0 Å². The van der Waals surface area contributed by atoms with E-state index in [0.29, 0.717) is 0 Å². The Bertz CT molecular complexity index is 486. The molecule has 1 aromatic carbocycles. The topological polar surface area (TPSA) is 22.4 Å². The summed E-state index contributed by atoms with van der Waals surface area (Å²) >= 11 is 0. The maximum absolute atomic E-state index is 5.87. The monoisotopic (exact) mass is 230 g/mol. The molecule has 17 heavy (non-hydrogen) atoms. The zero-order valence-electron chi connectivity index (χ0n) is 10.8. The van der Waals surface area contributed by atoms with Gasteiger partial charge in [-0.05, 0) is 36.4 Å². The van der Waals surface area contributed by atoms with Gasteiger partial charge in [0.05, 0.1) is 7.11 Å². The van der Waals surface area contributed by atoms with E-state index in [1.165, 1.54) is 0 Å². The molecule has 0 amide bonds. The molecule has 0 saturated carbocycles. The molecule has 0 spiro atoms. The first-order chi connectivity index (χ1) is 8.00. The molecule has 0 aliphatic heterocycles. The van der Waals surface area contributed by atoms with Gasteiger partial charge in [-0.1, -0.05) is 20.8 Å². The van der Waals surface area contributed by atoms with E-state index in [1.54, 1.807) is 7.11 Å². The van der Waals surface area contributed by atoms with Crippen LogP contribution in [0.5, 0.6) is 5.75 Å². The van der Waals surface area contributed by atoms with Crippen LogP contribution in [-0.4, -0.2) is 7.11 Å². The van der Waals surface area contributed by atoms with E-state index >= 15 is 0 Å². The summed E-state index contributed by atoms with van der Waals surface area (Å²) < 4.78 is 11.0. The van der Waals surface area contributed by atoms with Gasteiger partial charge in [0.1, 0.15) is 17.3 Å². The predicted octanol–water partition coefficient (Wildman–Crippen LogP) is 4.25. The van der Waals surface area contributed by atoms with Crippen molar-refractivity contribution in [1.29, 1.82) is 0 Å². The third-order valence-electron chi connectivity index (χ3n) is 2.72. The number of rotatable bonds is 2. The highest BCUT2D eigenvalue weighted by atomic mass is 16.5. The first-order valence-electron chi connectivity index (χ1n) is 5.75. The Morgan fingerprint density at radius 1 is 0.941 bits per heavy atom. The highest BCUT2D eigenvalue weighted by molar-refractivity contribution is 5.58. The predicted molar refractivity (Wildman–Crippen MR) is 69.4 cm³/mol. The number of hydrogen-bond acceptors (Lipinski definition) is 2. The number of methoxy groups -OCH3 is 1. The average molecular weight is 230 g/mol. The van der Waals surface area contributed by atoms with Crippen LogP contribution in [0.2, 0.25) is 0 Å². The first kappa shape index (κ1) is 11.8. The van der Waals surface area contributed by atoms with Gasteiger partial charge in [0, 0.05) is 11.0 Å². The Morgan fingerprint density at radius 3 is 2.06 bits per heavy atom. The molecule has 0 atom stereocenters. The molecule has 0 fully saturated rings. The largest absolute Gasteiger partial charge is 0.497 e. The molecule has 1 heterocycles. The van der Waals surface area contributed by atoms with E-state index in [-0.39, 0.29) is 5.41 Å². The van der Waals surface area contributed by atoms with Crippen molar-refractivity contribution >= 4 is 0 Å². The summed E-state index contributed by atoms with van der Waals surface area (Å²) in [6, 6.07) is 11.9. The second-order valence-electron chi connectivity index (χ2n) is 5.14. The Labute approximate surface area is 102 Å². The van der Waals surface area contributed by atoms with Crippen LogP contribution in [0.25, 0.3) is 11.3 Å². The summed E-state index contributed by atoms with van der Waals surface area (Å²) in [4.78, 5) is 0. The Morgan fingerprint density at radius 2 is 1.59 bits per heavy atom. The van der Waals surface area contributed by atoms with Crippen molar-refractivity contribution in [2.75, 3.05) is 7.11 Å². The molecule has 0 aliphatic carbocycles. The lowest BCUT2D eigenvalue weighted by molar-refractivity contribution is 0.413. The van der Waals surface area contributed by atoms with Gasteiger partial charge in [-0.2, -0.15) is 0 Å². The second kappa shape index (κ2) is 4.28. The van der Waals surface area contributed by atoms with Crippen molar-refractivity contribution in [3.05, 3.63) is 42.2 Å². The molecule has 0 unspecified atom stereocenters. The minimum Gasteiger partial charge on any atom is -0.497 e. The Hall–Kier alpha value is -1.70. The summed E-state index contributed by atoms with van der Waals surface area (Å²) in [7, 11) is 1.67. The fraction of sp³-hybridized carbons (Fsp3) is 0.333. The lowest BCUT2D eigenvalue weighted by atomic mass is 9.94. The third-order valence-corrected chi connectivity index (χ3v) is 2.72. The quantitative estimate of drug-likeness (QED) is 0.769. The molecule has 0 aliphatic rings. The molecule has 2 heteroatoms. The summed E-state index contributed by atoms with van der Waals surface area (Å²) in [5, 5.41) is 0. The fourth-order valence-corrected chi connectivity index (χ4v) is 1.65. The molecular weight excluding hydrogens is 212 g/mol. The van der Waals surface area contributed by atoms with Crippen LogP contribution in [-0.2, 0) is 5.41 Å². The van der Waals surface area contributed by atoms with Gasteiger partial charge in [-0.3, -0.25) is 0 Å². The molecule has 2 aromatic rings. The number of benzene rings is 1. The summed E-state index contributed by atoms with van der Waals surface area (Å²) in [6.45, 7) is 6.43. The summed E-state index contributed by atoms with van der Waals surface area (Å²) in [6.07, 6.45) is 0. The van der Waals surface area contributed by atoms with Crippen LogP contribution in [0.3, 0.4) is 0 Å². The normalized spacial score (nSPS) is 11.5. The second-order valence-corrected chi connectivity index (χ2v) is 5.14. The van der Waals surface area contributed by atoms with E-state index in [1.807, 2.05) is 36.4 Å². The van der Waals surface area contributed by atoms with Crippen LogP contribution in [0.4, 0.5) is 0 Å². The van der Waals surface area contributed by atoms with Gasteiger partial charge in [-0.25, -0.2) is 0 Å². The van der Waals surface area contributed by atoms with E-state index < -0.39 is 0 Å². The van der Waals surface area contributed by atoms with E-state index in [4.69, 9.17) is 9.15 Å². The van der Waals surface area contributed by atoms with Crippen molar-refractivity contribution < 1.29 is 9.15 Å². The molecular formula is C15H18O2. The van der Waals surface area contributed by atoms with Crippen LogP contribution >= 0.6 is 0 Å². The van der Waals surface area contributed by atoms with Crippen molar-refractivity contribution in [1.82, 2.24) is 0 Å². The summed E-state index contributed by atoms with van der Waals surface area (Å²) in [5.74, 6) is 2.76. The molecule has 90 valence electrons. The minimum absolute atomic E-state index is 0.0463. The standard InChI is InChI=1S/C15H18O2/c1-15(2,3)14-10-9-13(17-14)11-5-7-12(16-4)8-6-11/h5-10H,1-4H3. The minimum atomic E-state index is 0.0463. The number of furan rings is 1. The van der Waals surface area contributed by atoms with Crippen molar-refractivity contribution in [3.63, 3.8) is 0 Å². The van der Waals surface area contributed by atoms with Crippen LogP contribution in [0.1, 0.15) is 26.5 Å². The summed E-state index contributed by atoms with van der Waals surface area (Å²) in [5.41, 5.74) is 1.12. The maximum atomic E-state index is 5.87. The average Bonchev–Trinajstić information content (AvgIpc) is 2.78. The van der Waals surface area contributed by atoms with Crippen LogP contribution in [0, 0.1) is 0 Å². The van der Waals surface area contributed by atoms with Gasteiger partial charge in [0.15, 0.2) is 0 Å². The smallest absolute Gasteiger partial charge is 0.134 e. The zero-order valence-corrected chi connectivity index (χ0v) is 10.8. The molecule has 1 aromatic heterocycles. The number of hydrogen-bond donors (Lipinski definition) is 0. The van der Waals surface area contributed by atoms with Crippen molar-refractivity contribution in [3.8, 4) is 17.1 Å². The molecule has 2 nitrogen and oxygen atoms in total. The fourth-order valence-electron chi connectivity index (χ4n) is 1.65. The van der Waals surface area contributed by atoms with Crippen molar-refractivity contribution in [2.45, 2.75) is 26.2 Å². The highest BCUT2D eigenvalue weighted by Gasteiger charge is 2.18. The SMILES string of the molecule is COc1ccc(-c2ccc(C(C)(C)C)o2)cc1. The van der Waals surface area contributed by atoms with Crippen LogP contribution < -0.4 is 4.74 Å². The number of ether oxygens (including phenoxy) is 1. The third kappa shape index (κ3) is 2.52. The highest BCUT2D eigenvalue weighted by Crippen LogP contribution is 2.30. The van der Waals surface area contributed by atoms with Gasteiger partial charge in [0.2, 0.25) is 0 Å². The van der Waals surface area contributed by atoms with Crippen molar-refractivity contribution in [2.24, 2.45) is 0 Å². The molecule has 0 saturated heterocycles. The Balaban J connectivity index is 2.30. The van der Waals surface area contributed by atoms with E-state index in [2.05, 4.69) is 20.8 Å². The van der Waals surface area contributed by atoms with Gasteiger partial charge >= 0.3 is 0 Å². The first-order valence-corrected chi connectivity index (χ1v) is 5.75. The van der Waals surface area contributed by atoms with Gasteiger partial charge in [0.25, 0.3) is 0 Å². The molecule has 0 radical (unpaired) electrons. The van der Waals surface area contributed by atoms with Crippen LogP contribution in [0.15, 0.2) is 40.8 Å². The molecule has 0 bridgehead atoms. The lowest BCUT2D eigenvalue weighted by Crippen LogP contribution is -2.08. The zero-order chi connectivity index (χ0) is 12.5.